The minimum atomic E-state index is 0.452. The number of thioether (sulfide) groups is 1. The Labute approximate surface area is 123 Å². The second-order valence-electron chi connectivity index (χ2n) is 4.74. The molecule has 19 heavy (non-hydrogen) atoms. The lowest BCUT2D eigenvalue weighted by atomic mass is 10.2. The molecule has 2 aromatic rings. The van der Waals surface area contributed by atoms with Gasteiger partial charge in [0.15, 0.2) is 5.65 Å². The first-order valence-electron chi connectivity index (χ1n) is 6.59. The van der Waals surface area contributed by atoms with Crippen molar-refractivity contribution in [3.05, 3.63) is 11.5 Å². The number of fused-ring (bicyclic) bond motifs is 1. The monoisotopic (exact) mass is 300 g/mol. The third kappa shape index (κ3) is 2.63. The van der Waals surface area contributed by atoms with Crippen molar-refractivity contribution in [2.75, 3.05) is 17.9 Å². The molecule has 1 atom stereocenters. The molecular weight excluding hydrogens is 280 g/mol. The topological polar surface area (TPSA) is 35.6 Å². The van der Waals surface area contributed by atoms with E-state index in [0.717, 1.165) is 41.3 Å². The molecule has 0 N–H and O–H groups in total. The number of halogens is 1. The Bertz CT molecular complexity index is 560. The summed E-state index contributed by atoms with van der Waals surface area (Å²) in [4.78, 5) is 4.76. The first kappa shape index (κ1) is 14.7. The predicted molar refractivity (Wildman–Crippen MR) is 83.4 cm³/mol. The zero-order valence-corrected chi connectivity index (χ0v) is 13.6. The summed E-state index contributed by atoms with van der Waals surface area (Å²) in [5.41, 5.74) is 3.13. The van der Waals surface area contributed by atoms with Crippen molar-refractivity contribution in [3.8, 4) is 0 Å². The molecule has 2 heterocycles. The van der Waals surface area contributed by atoms with Gasteiger partial charge in [-0.3, -0.25) is 4.68 Å². The number of aromatic nitrogens is 4. The van der Waals surface area contributed by atoms with Crippen LogP contribution in [0, 0.1) is 6.92 Å². The zero-order chi connectivity index (χ0) is 14.0. The molecule has 0 aromatic carbocycles. The molecule has 0 saturated carbocycles. The number of alkyl halides is 1. The van der Waals surface area contributed by atoms with Crippen LogP contribution in [0.4, 0.5) is 0 Å². The molecule has 0 radical (unpaired) electrons. The van der Waals surface area contributed by atoms with Crippen LogP contribution < -0.4 is 0 Å². The van der Waals surface area contributed by atoms with Crippen molar-refractivity contribution in [2.45, 2.75) is 32.7 Å². The van der Waals surface area contributed by atoms with Gasteiger partial charge in [-0.05, 0) is 19.6 Å². The van der Waals surface area contributed by atoms with Gasteiger partial charge >= 0.3 is 0 Å². The predicted octanol–water partition coefficient (Wildman–Crippen LogP) is 3.17. The van der Waals surface area contributed by atoms with E-state index in [1.807, 2.05) is 30.4 Å². The van der Waals surface area contributed by atoms with E-state index in [1.54, 1.807) is 0 Å². The van der Waals surface area contributed by atoms with E-state index in [2.05, 4.69) is 22.8 Å². The number of nitrogens with zero attached hydrogens (tertiary/aromatic N) is 4. The van der Waals surface area contributed by atoms with Gasteiger partial charge in [0.05, 0.1) is 5.69 Å². The average molecular weight is 301 g/mol. The molecule has 0 spiro atoms. The molecule has 0 aliphatic carbocycles. The van der Waals surface area contributed by atoms with Crippen molar-refractivity contribution in [1.82, 2.24) is 19.3 Å². The first-order valence-corrected chi connectivity index (χ1v) is 8.52. The lowest BCUT2D eigenvalue weighted by Crippen LogP contribution is -2.16. The van der Waals surface area contributed by atoms with Crippen molar-refractivity contribution < 1.29 is 0 Å². The highest BCUT2D eigenvalue weighted by atomic mass is 35.5. The molecule has 0 fully saturated rings. The molecule has 0 amide bonds. The fourth-order valence-corrected chi connectivity index (χ4v) is 3.49. The first-order chi connectivity index (χ1) is 9.13. The van der Waals surface area contributed by atoms with Crippen LogP contribution in [0.15, 0.2) is 0 Å². The Kier molecular flexibility index (Phi) is 4.79. The van der Waals surface area contributed by atoms with E-state index in [1.165, 1.54) is 0 Å². The Morgan fingerprint density at radius 3 is 2.74 bits per heavy atom. The SMILES string of the molecule is CCC(CSC)n1c(CCCl)nc2c(C)nn(C)c21. The van der Waals surface area contributed by atoms with Gasteiger partial charge in [-0.15, -0.1) is 11.6 Å². The summed E-state index contributed by atoms with van der Waals surface area (Å²) in [5.74, 6) is 2.77. The fraction of sp³-hybridized carbons (Fsp3) is 0.692. The Hall–Kier alpha value is -0.680. The van der Waals surface area contributed by atoms with E-state index in [0.29, 0.717) is 11.9 Å². The lowest BCUT2D eigenvalue weighted by molar-refractivity contribution is 0.520. The third-order valence-corrected chi connectivity index (χ3v) is 4.33. The van der Waals surface area contributed by atoms with Crippen LogP contribution >= 0.6 is 23.4 Å². The number of imidazole rings is 1. The molecule has 0 aliphatic heterocycles. The Morgan fingerprint density at radius 2 is 2.16 bits per heavy atom. The number of hydrogen-bond acceptors (Lipinski definition) is 3. The summed E-state index contributed by atoms with van der Waals surface area (Å²) in [5, 5.41) is 4.48. The molecule has 2 rings (SSSR count). The summed E-state index contributed by atoms with van der Waals surface area (Å²) >= 11 is 7.80. The van der Waals surface area contributed by atoms with Crippen molar-refractivity contribution in [1.29, 1.82) is 0 Å². The van der Waals surface area contributed by atoms with Gasteiger partial charge in [-0.2, -0.15) is 16.9 Å². The molecule has 1 unspecified atom stereocenters. The fourth-order valence-electron chi connectivity index (χ4n) is 2.55. The van der Waals surface area contributed by atoms with Crippen LogP contribution in [0.5, 0.6) is 0 Å². The number of hydrogen-bond donors (Lipinski definition) is 0. The van der Waals surface area contributed by atoms with E-state index in [9.17, 15) is 0 Å². The zero-order valence-electron chi connectivity index (χ0n) is 12.0. The van der Waals surface area contributed by atoms with Crippen molar-refractivity contribution in [3.63, 3.8) is 0 Å². The number of aryl methyl sites for hydroxylation is 3. The van der Waals surface area contributed by atoms with Crippen molar-refractivity contribution in [2.24, 2.45) is 7.05 Å². The van der Waals surface area contributed by atoms with Crippen LogP contribution in [-0.4, -0.2) is 37.2 Å². The molecule has 106 valence electrons. The minimum absolute atomic E-state index is 0.452. The van der Waals surface area contributed by atoms with E-state index in [-0.39, 0.29) is 0 Å². The van der Waals surface area contributed by atoms with Crippen LogP contribution in [0.3, 0.4) is 0 Å². The van der Waals surface area contributed by atoms with E-state index < -0.39 is 0 Å². The summed E-state index contributed by atoms with van der Waals surface area (Å²) in [6, 6.07) is 0.452. The standard InChI is InChI=1S/C13H21ClN4S/c1-5-10(8-19-4)18-11(6-7-14)15-12-9(2)16-17(3)13(12)18/h10H,5-8H2,1-4H3. The highest BCUT2D eigenvalue weighted by molar-refractivity contribution is 7.98. The summed E-state index contributed by atoms with van der Waals surface area (Å²) in [6.07, 6.45) is 4.04. The molecule has 0 aliphatic rings. The van der Waals surface area contributed by atoms with Gasteiger partial charge in [0.1, 0.15) is 11.3 Å². The molecule has 6 heteroatoms. The molecule has 4 nitrogen and oxygen atoms in total. The number of rotatable bonds is 6. The van der Waals surface area contributed by atoms with Gasteiger partial charge in [-0.25, -0.2) is 4.98 Å². The van der Waals surface area contributed by atoms with Gasteiger partial charge in [0.25, 0.3) is 0 Å². The quantitative estimate of drug-likeness (QED) is 0.769. The third-order valence-electron chi connectivity index (χ3n) is 3.42. The van der Waals surface area contributed by atoms with Gasteiger partial charge in [0.2, 0.25) is 0 Å². The molecule has 0 bridgehead atoms. The average Bonchev–Trinajstić information content (AvgIpc) is 2.87. The van der Waals surface area contributed by atoms with E-state index >= 15 is 0 Å². The minimum Gasteiger partial charge on any atom is -0.309 e. The van der Waals surface area contributed by atoms with E-state index in [4.69, 9.17) is 16.6 Å². The maximum absolute atomic E-state index is 5.93. The summed E-state index contributed by atoms with van der Waals surface area (Å²) in [7, 11) is 1.99. The summed E-state index contributed by atoms with van der Waals surface area (Å²) in [6.45, 7) is 4.24. The molecule has 2 aromatic heterocycles. The van der Waals surface area contributed by atoms with Crippen LogP contribution in [0.1, 0.15) is 30.9 Å². The summed E-state index contributed by atoms with van der Waals surface area (Å²) < 4.78 is 4.28. The van der Waals surface area contributed by atoms with Crippen molar-refractivity contribution >= 4 is 34.5 Å². The Morgan fingerprint density at radius 1 is 1.42 bits per heavy atom. The Balaban J connectivity index is 2.62. The normalized spacial score (nSPS) is 13.3. The molecule has 0 saturated heterocycles. The lowest BCUT2D eigenvalue weighted by Gasteiger charge is -2.19. The van der Waals surface area contributed by atoms with Crippen LogP contribution in [0.2, 0.25) is 0 Å². The van der Waals surface area contributed by atoms with Gasteiger partial charge in [0, 0.05) is 31.1 Å². The maximum atomic E-state index is 5.93. The molecular formula is C13H21ClN4S. The second kappa shape index (κ2) is 6.18. The smallest absolute Gasteiger partial charge is 0.158 e. The highest BCUT2D eigenvalue weighted by Crippen LogP contribution is 2.27. The second-order valence-corrected chi connectivity index (χ2v) is 6.02. The van der Waals surface area contributed by atoms with Gasteiger partial charge < -0.3 is 4.57 Å². The maximum Gasteiger partial charge on any atom is 0.158 e. The van der Waals surface area contributed by atoms with Gasteiger partial charge in [-0.1, -0.05) is 6.92 Å². The largest absolute Gasteiger partial charge is 0.309 e. The van der Waals surface area contributed by atoms with Crippen LogP contribution in [0.25, 0.3) is 11.2 Å². The highest BCUT2D eigenvalue weighted by Gasteiger charge is 2.21. The van der Waals surface area contributed by atoms with Crippen LogP contribution in [-0.2, 0) is 13.5 Å².